The molecule has 0 aliphatic heterocycles. The van der Waals surface area contributed by atoms with Gasteiger partial charge in [0.15, 0.2) is 0 Å². The fourth-order valence-electron chi connectivity index (χ4n) is 0.631. The summed E-state index contributed by atoms with van der Waals surface area (Å²) in [6.07, 6.45) is 0. The van der Waals surface area contributed by atoms with Crippen molar-refractivity contribution in [2.75, 3.05) is 39.3 Å². The Kier molecular flexibility index (Phi) is 20.4. The summed E-state index contributed by atoms with van der Waals surface area (Å²) in [7, 11) is 0. The second kappa shape index (κ2) is 17.1. The number of hydrogen-bond donors (Lipinski definition) is 4. The molecule has 0 aromatic carbocycles. The quantitative estimate of drug-likeness (QED) is 0.380. The maximum atomic E-state index is 5.27. The van der Waals surface area contributed by atoms with E-state index in [4.69, 9.17) is 11.5 Å². The highest BCUT2D eigenvalue weighted by atomic mass is 14.9. The van der Waals surface area contributed by atoms with Gasteiger partial charge in [0.1, 0.15) is 0 Å². The van der Waals surface area contributed by atoms with Crippen LogP contribution in [0.1, 0.15) is 13.8 Å². The normalized spacial score (nSPS) is 9.00. The molecule has 0 spiro atoms. The van der Waals surface area contributed by atoms with Gasteiger partial charge in [-0.15, -0.1) is 0 Å². The van der Waals surface area contributed by atoms with Crippen molar-refractivity contribution < 1.29 is 0 Å². The molecule has 0 unspecified atom stereocenters. The lowest BCUT2D eigenvalue weighted by Crippen LogP contribution is -2.32. The van der Waals surface area contributed by atoms with Crippen LogP contribution in [0.25, 0.3) is 0 Å². The van der Waals surface area contributed by atoms with Crippen LogP contribution in [0.2, 0.25) is 0 Å². The van der Waals surface area contributed by atoms with Crippen molar-refractivity contribution in [2.24, 2.45) is 11.5 Å². The van der Waals surface area contributed by atoms with E-state index in [0.29, 0.717) is 13.1 Å². The summed E-state index contributed by atoms with van der Waals surface area (Å²) in [6.45, 7) is 9.14. The molecule has 0 amide bonds. The molecule has 0 atom stereocenters. The maximum absolute atomic E-state index is 5.27. The summed E-state index contributed by atoms with van der Waals surface area (Å²) in [6, 6.07) is 0. The van der Waals surface area contributed by atoms with Gasteiger partial charge < -0.3 is 22.1 Å². The molecule has 0 saturated carbocycles. The van der Waals surface area contributed by atoms with Gasteiger partial charge in [-0.25, -0.2) is 0 Å². The maximum Gasteiger partial charge on any atom is 0.00772 e. The predicted octanol–water partition coefficient (Wildman–Crippen LogP) is -0.891. The van der Waals surface area contributed by atoms with E-state index in [0.717, 1.165) is 26.2 Å². The molecular weight excluding hydrogens is 152 g/mol. The minimum Gasteiger partial charge on any atom is -0.329 e. The standard InChI is InChI=1S/C6H18N4.C2H6/c7-1-3-9-5-6-10-4-2-8;1-2/h9-10H,1-8H2;1-2H3. The molecule has 0 aliphatic carbocycles. The lowest BCUT2D eigenvalue weighted by atomic mass is 10.5. The van der Waals surface area contributed by atoms with E-state index in [2.05, 4.69) is 10.6 Å². The number of nitrogens with two attached hydrogens (primary N) is 2. The van der Waals surface area contributed by atoms with Crippen molar-refractivity contribution >= 4 is 0 Å². The first-order valence-electron chi connectivity index (χ1n) is 4.73. The van der Waals surface area contributed by atoms with E-state index < -0.39 is 0 Å². The van der Waals surface area contributed by atoms with Crippen molar-refractivity contribution in [1.82, 2.24) is 10.6 Å². The third kappa shape index (κ3) is 16.4. The molecule has 0 aromatic heterocycles. The minimum atomic E-state index is 0.705. The van der Waals surface area contributed by atoms with Crippen molar-refractivity contribution in [3.8, 4) is 0 Å². The van der Waals surface area contributed by atoms with E-state index in [1.807, 2.05) is 13.8 Å². The number of hydrogen-bond acceptors (Lipinski definition) is 4. The molecular formula is C8H24N4. The fourth-order valence-corrected chi connectivity index (χ4v) is 0.631. The Morgan fingerprint density at radius 2 is 1.08 bits per heavy atom. The molecule has 0 radical (unpaired) electrons. The molecule has 4 nitrogen and oxygen atoms in total. The first-order chi connectivity index (χ1) is 5.91. The van der Waals surface area contributed by atoms with Crippen LogP contribution in [0.4, 0.5) is 0 Å². The van der Waals surface area contributed by atoms with Gasteiger partial charge in [0.25, 0.3) is 0 Å². The number of nitrogens with one attached hydrogen (secondary N) is 2. The third-order valence-corrected chi connectivity index (χ3v) is 1.12. The minimum absolute atomic E-state index is 0.705. The van der Waals surface area contributed by atoms with E-state index in [1.165, 1.54) is 0 Å². The van der Waals surface area contributed by atoms with Gasteiger partial charge >= 0.3 is 0 Å². The first kappa shape index (κ1) is 14.4. The summed E-state index contributed by atoms with van der Waals surface area (Å²) in [5.74, 6) is 0. The van der Waals surface area contributed by atoms with Crippen LogP contribution in [-0.2, 0) is 0 Å². The van der Waals surface area contributed by atoms with Gasteiger partial charge in [0, 0.05) is 39.3 Å². The van der Waals surface area contributed by atoms with Crippen LogP contribution >= 0.6 is 0 Å². The SMILES string of the molecule is CC.NCCNCCNCCN. The highest BCUT2D eigenvalue weighted by molar-refractivity contribution is 4.51. The Labute approximate surface area is 76.1 Å². The van der Waals surface area contributed by atoms with Gasteiger partial charge in [0.05, 0.1) is 0 Å². The molecule has 76 valence electrons. The van der Waals surface area contributed by atoms with E-state index in [1.54, 1.807) is 0 Å². The van der Waals surface area contributed by atoms with E-state index >= 15 is 0 Å². The monoisotopic (exact) mass is 176 g/mol. The largest absolute Gasteiger partial charge is 0.329 e. The molecule has 0 aromatic rings. The highest BCUT2D eigenvalue weighted by Gasteiger charge is 1.83. The molecule has 6 N–H and O–H groups in total. The molecule has 0 saturated heterocycles. The van der Waals surface area contributed by atoms with Crippen LogP contribution in [-0.4, -0.2) is 39.3 Å². The van der Waals surface area contributed by atoms with E-state index in [-0.39, 0.29) is 0 Å². The Hall–Kier alpha value is -0.160. The van der Waals surface area contributed by atoms with Crippen molar-refractivity contribution in [1.29, 1.82) is 0 Å². The van der Waals surface area contributed by atoms with Crippen LogP contribution < -0.4 is 22.1 Å². The molecule has 12 heavy (non-hydrogen) atoms. The van der Waals surface area contributed by atoms with Gasteiger partial charge in [-0.2, -0.15) is 0 Å². The zero-order valence-electron chi connectivity index (χ0n) is 8.40. The Morgan fingerprint density at radius 1 is 0.750 bits per heavy atom. The van der Waals surface area contributed by atoms with Gasteiger partial charge in [0.2, 0.25) is 0 Å². The number of rotatable bonds is 7. The Bertz CT molecular complexity index is 51.0. The average molecular weight is 176 g/mol. The molecule has 0 fully saturated rings. The summed E-state index contributed by atoms with van der Waals surface area (Å²) < 4.78 is 0. The zero-order chi connectivity index (χ0) is 9.66. The highest BCUT2D eigenvalue weighted by Crippen LogP contribution is 1.57. The van der Waals surface area contributed by atoms with Crippen molar-refractivity contribution in [3.05, 3.63) is 0 Å². The average Bonchev–Trinajstić information content (AvgIpc) is 2.15. The molecule has 4 heteroatoms. The summed E-state index contributed by atoms with van der Waals surface area (Å²) in [5, 5.41) is 6.33. The van der Waals surface area contributed by atoms with Crippen molar-refractivity contribution in [2.45, 2.75) is 13.8 Å². The van der Waals surface area contributed by atoms with Crippen LogP contribution in [0.15, 0.2) is 0 Å². The lowest BCUT2D eigenvalue weighted by Gasteiger charge is -2.03. The Balaban J connectivity index is 0. The van der Waals surface area contributed by atoms with Crippen LogP contribution in [0, 0.1) is 0 Å². The van der Waals surface area contributed by atoms with Gasteiger partial charge in [-0.05, 0) is 0 Å². The summed E-state index contributed by atoms with van der Waals surface area (Å²) in [5.41, 5.74) is 10.5. The van der Waals surface area contributed by atoms with Crippen LogP contribution in [0.5, 0.6) is 0 Å². The third-order valence-electron chi connectivity index (χ3n) is 1.12. The Morgan fingerprint density at radius 3 is 1.33 bits per heavy atom. The second-order valence-corrected chi connectivity index (χ2v) is 2.08. The summed E-state index contributed by atoms with van der Waals surface area (Å²) in [4.78, 5) is 0. The molecule has 0 bridgehead atoms. The first-order valence-corrected chi connectivity index (χ1v) is 4.73. The lowest BCUT2D eigenvalue weighted by molar-refractivity contribution is 0.618. The topological polar surface area (TPSA) is 76.1 Å². The van der Waals surface area contributed by atoms with Crippen molar-refractivity contribution in [3.63, 3.8) is 0 Å². The molecule has 0 heterocycles. The predicted molar refractivity (Wildman–Crippen MR) is 55.2 cm³/mol. The fraction of sp³-hybridized carbons (Fsp3) is 1.00. The van der Waals surface area contributed by atoms with E-state index in [9.17, 15) is 0 Å². The zero-order valence-corrected chi connectivity index (χ0v) is 8.40. The summed E-state index contributed by atoms with van der Waals surface area (Å²) >= 11 is 0. The molecule has 0 aliphatic rings. The van der Waals surface area contributed by atoms with Gasteiger partial charge in [-0.1, -0.05) is 13.8 Å². The van der Waals surface area contributed by atoms with Crippen LogP contribution in [0.3, 0.4) is 0 Å². The second-order valence-electron chi connectivity index (χ2n) is 2.08. The molecule has 0 rings (SSSR count). The van der Waals surface area contributed by atoms with Gasteiger partial charge in [-0.3, -0.25) is 0 Å². The smallest absolute Gasteiger partial charge is 0.00772 e.